The third-order valence-electron chi connectivity index (χ3n) is 3.06. The third kappa shape index (κ3) is 1.82. The SMILES string of the molecule is CCOC(=O)c1c(N)sc2c1[C@@H](C)CCC2. The first-order valence-electron chi connectivity index (χ1n) is 5.73. The molecule has 1 aromatic rings. The van der Waals surface area contributed by atoms with Gasteiger partial charge in [0.1, 0.15) is 5.00 Å². The molecule has 0 aromatic carbocycles. The van der Waals surface area contributed by atoms with Gasteiger partial charge >= 0.3 is 5.97 Å². The van der Waals surface area contributed by atoms with Crippen molar-refractivity contribution in [2.24, 2.45) is 0 Å². The molecule has 1 heterocycles. The average Bonchev–Trinajstić information content (AvgIpc) is 2.56. The number of fused-ring (bicyclic) bond motifs is 1. The maximum absolute atomic E-state index is 11.8. The Morgan fingerprint density at radius 1 is 1.62 bits per heavy atom. The Hall–Kier alpha value is -1.03. The van der Waals surface area contributed by atoms with Gasteiger partial charge in [0.2, 0.25) is 0 Å². The highest BCUT2D eigenvalue weighted by Gasteiger charge is 2.28. The smallest absolute Gasteiger partial charge is 0.341 e. The number of thiophene rings is 1. The Bertz CT molecular complexity index is 411. The van der Waals surface area contributed by atoms with Gasteiger partial charge in [-0.15, -0.1) is 11.3 Å². The predicted molar refractivity (Wildman–Crippen MR) is 66.0 cm³/mol. The number of hydrogen-bond acceptors (Lipinski definition) is 4. The van der Waals surface area contributed by atoms with E-state index in [9.17, 15) is 4.79 Å². The normalized spacial score (nSPS) is 19.2. The molecular formula is C12H17NO2S. The van der Waals surface area contributed by atoms with E-state index in [0.717, 1.165) is 18.4 Å². The zero-order valence-corrected chi connectivity index (χ0v) is 10.5. The van der Waals surface area contributed by atoms with Crippen LogP contribution >= 0.6 is 11.3 Å². The van der Waals surface area contributed by atoms with Crippen LogP contribution in [0.2, 0.25) is 0 Å². The van der Waals surface area contributed by atoms with Gasteiger partial charge in [-0.1, -0.05) is 6.92 Å². The molecule has 0 amide bonds. The highest BCUT2D eigenvalue weighted by molar-refractivity contribution is 7.16. The number of carbonyl (C=O) groups excluding carboxylic acids is 1. The first-order chi connectivity index (χ1) is 7.65. The van der Waals surface area contributed by atoms with Gasteiger partial charge in [0.05, 0.1) is 12.2 Å². The van der Waals surface area contributed by atoms with Crippen molar-refractivity contribution in [3.63, 3.8) is 0 Å². The van der Waals surface area contributed by atoms with E-state index in [4.69, 9.17) is 10.5 Å². The van der Waals surface area contributed by atoms with Gasteiger partial charge in [0.25, 0.3) is 0 Å². The molecule has 0 fully saturated rings. The molecule has 0 aliphatic heterocycles. The molecule has 0 radical (unpaired) electrons. The first-order valence-corrected chi connectivity index (χ1v) is 6.55. The quantitative estimate of drug-likeness (QED) is 0.807. The fourth-order valence-corrected chi connectivity index (χ4v) is 3.57. The summed E-state index contributed by atoms with van der Waals surface area (Å²) in [6.07, 6.45) is 3.37. The van der Waals surface area contributed by atoms with Crippen molar-refractivity contribution in [2.75, 3.05) is 12.3 Å². The average molecular weight is 239 g/mol. The number of carbonyl (C=O) groups is 1. The van der Waals surface area contributed by atoms with E-state index in [2.05, 4.69) is 6.92 Å². The van der Waals surface area contributed by atoms with Gasteiger partial charge < -0.3 is 10.5 Å². The minimum absolute atomic E-state index is 0.258. The van der Waals surface area contributed by atoms with E-state index in [1.807, 2.05) is 6.92 Å². The predicted octanol–water partition coefficient (Wildman–Crippen LogP) is 2.95. The van der Waals surface area contributed by atoms with E-state index in [1.54, 1.807) is 11.3 Å². The minimum atomic E-state index is -0.258. The number of aryl methyl sites for hydroxylation is 1. The Morgan fingerprint density at radius 3 is 3.06 bits per heavy atom. The zero-order chi connectivity index (χ0) is 11.7. The molecule has 2 rings (SSSR count). The topological polar surface area (TPSA) is 52.3 Å². The molecule has 1 atom stereocenters. The van der Waals surface area contributed by atoms with Crippen molar-refractivity contribution in [2.45, 2.75) is 39.0 Å². The van der Waals surface area contributed by atoms with Crippen molar-refractivity contribution in [1.29, 1.82) is 0 Å². The molecule has 0 saturated heterocycles. The Balaban J connectivity index is 2.44. The molecule has 0 unspecified atom stereocenters. The number of anilines is 1. The number of hydrogen-bond donors (Lipinski definition) is 1. The molecule has 16 heavy (non-hydrogen) atoms. The van der Waals surface area contributed by atoms with Gasteiger partial charge in [-0.2, -0.15) is 0 Å². The Labute approximate surface area is 99.6 Å². The van der Waals surface area contributed by atoms with E-state index >= 15 is 0 Å². The van der Waals surface area contributed by atoms with Gasteiger partial charge in [-0.05, 0) is 37.7 Å². The summed E-state index contributed by atoms with van der Waals surface area (Å²) in [4.78, 5) is 13.1. The molecule has 1 aliphatic rings. The van der Waals surface area contributed by atoms with Crippen LogP contribution in [0.4, 0.5) is 5.00 Å². The summed E-state index contributed by atoms with van der Waals surface area (Å²) in [6.45, 7) is 4.38. The molecular weight excluding hydrogens is 222 g/mol. The summed E-state index contributed by atoms with van der Waals surface area (Å²) >= 11 is 1.55. The second-order valence-corrected chi connectivity index (χ2v) is 5.33. The molecule has 3 nitrogen and oxygen atoms in total. The van der Waals surface area contributed by atoms with Crippen LogP contribution in [0.3, 0.4) is 0 Å². The maximum atomic E-state index is 11.8. The maximum Gasteiger partial charge on any atom is 0.341 e. The molecule has 1 aromatic heterocycles. The Morgan fingerprint density at radius 2 is 2.38 bits per heavy atom. The molecule has 0 saturated carbocycles. The summed E-state index contributed by atoms with van der Waals surface area (Å²) in [7, 11) is 0. The number of ether oxygens (including phenoxy) is 1. The molecule has 88 valence electrons. The lowest BCUT2D eigenvalue weighted by molar-refractivity contribution is 0.0526. The lowest BCUT2D eigenvalue weighted by Gasteiger charge is -2.19. The van der Waals surface area contributed by atoms with E-state index in [1.165, 1.54) is 11.3 Å². The molecule has 1 aliphatic carbocycles. The lowest BCUT2D eigenvalue weighted by Crippen LogP contribution is -2.13. The van der Waals surface area contributed by atoms with E-state index in [-0.39, 0.29) is 5.97 Å². The van der Waals surface area contributed by atoms with Crippen LogP contribution in [-0.2, 0) is 11.2 Å². The largest absolute Gasteiger partial charge is 0.462 e. The second-order valence-electron chi connectivity index (χ2n) is 4.19. The summed E-state index contributed by atoms with van der Waals surface area (Å²) in [5.41, 5.74) is 7.71. The van der Waals surface area contributed by atoms with Crippen LogP contribution in [0.15, 0.2) is 0 Å². The molecule has 0 bridgehead atoms. The van der Waals surface area contributed by atoms with Gasteiger partial charge in [0.15, 0.2) is 0 Å². The fraction of sp³-hybridized carbons (Fsp3) is 0.583. The van der Waals surface area contributed by atoms with Crippen molar-refractivity contribution < 1.29 is 9.53 Å². The summed E-state index contributed by atoms with van der Waals surface area (Å²) < 4.78 is 5.07. The molecule has 0 spiro atoms. The van der Waals surface area contributed by atoms with Crippen LogP contribution in [0.5, 0.6) is 0 Å². The van der Waals surface area contributed by atoms with E-state index < -0.39 is 0 Å². The van der Waals surface area contributed by atoms with Crippen molar-refractivity contribution in [3.05, 3.63) is 16.0 Å². The van der Waals surface area contributed by atoms with E-state index in [0.29, 0.717) is 23.1 Å². The number of nitrogens with two attached hydrogens (primary N) is 1. The van der Waals surface area contributed by atoms with Gasteiger partial charge in [-0.25, -0.2) is 4.79 Å². The molecule has 2 N–H and O–H groups in total. The van der Waals surface area contributed by atoms with Crippen LogP contribution in [0.1, 0.15) is 53.4 Å². The molecule has 4 heteroatoms. The van der Waals surface area contributed by atoms with Gasteiger partial charge in [-0.3, -0.25) is 0 Å². The summed E-state index contributed by atoms with van der Waals surface area (Å²) in [5, 5.41) is 0.622. The highest BCUT2D eigenvalue weighted by atomic mass is 32.1. The number of esters is 1. The first kappa shape index (κ1) is 11.5. The summed E-state index contributed by atoms with van der Waals surface area (Å²) in [6, 6.07) is 0. The van der Waals surface area contributed by atoms with Crippen molar-refractivity contribution >= 4 is 22.3 Å². The van der Waals surface area contributed by atoms with Crippen molar-refractivity contribution in [3.8, 4) is 0 Å². The number of rotatable bonds is 2. The van der Waals surface area contributed by atoms with Crippen LogP contribution in [-0.4, -0.2) is 12.6 Å². The summed E-state index contributed by atoms with van der Waals surface area (Å²) in [5.74, 6) is 0.169. The van der Waals surface area contributed by atoms with Crippen LogP contribution in [0, 0.1) is 0 Å². The Kier molecular flexibility index (Phi) is 3.19. The van der Waals surface area contributed by atoms with Gasteiger partial charge in [0, 0.05) is 4.88 Å². The third-order valence-corrected chi connectivity index (χ3v) is 4.16. The van der Waals surface area contributed by atoms with Crippen LogP contribution < -0.4 is 5.73 Å². The minimum Gasteiger partial charge on any atom is -0.462 e. The number of nitrogen functional groups attached to an aromatic ring is 1. The van der Waals surface area contributed by atoms with Crippen LogP contribution in [0.25, 0.3) is 0 Å². The van der Waals surface area contributed by atoms with Crippen molar-refractivity contribution in [1.82, 2.24) is 0 Å². The standard InChI is InChI=1S/C12H17NO2S/c1-3-15-12(14)10-9-7(2)5-4-6-8(9)16-11(10)13/h7H,3-6,13H2,1-2H3/t7-/m0/s1. The fourth-order valence-electron chi connectivity index (χ4n) is 2.34. The highest BCUT2D eigenvalue weighted by Crippen LogP contribution is 2.42. The monoisotopic (exact) mass is 239 g/mol. The zero-order valence-electron chi connectivity index (χ0n) is 9.71. The lowest BCUT2D eigenvalue weighted by atomic mass is 9.86. The second kappa shape index (κ2) is 4.45.